The van der Waals surface area contributed by atoms with E-state index in [2.05, 4.69) is 0 Å². The van der Waals surface area contributed by atoms with E-state index in [1.807, 2.05) is 0 Å². The summed E-state index contributed by atoms with van der Waals surface area (Å²) in [5.74, 6) is 0.907. The normalized spacial score (nSPS) is 16.6. The molecular formula is C11H24N2O3S. The van der Waals surface area contributed by atoms with Crippen LogP contribution in [0.5, 0.6) is 0 Å². The highest BCUT2D eigenvalue weighted by Gasteiger charge is 2.21. The summed E-state index contributed by atoms with van der Waals surface area (Å²) in [6.45, 7) is 2.26. The van der Waals surface area contributed by atoms with Gasteiger partial charge in [-0.1, -0.05) is 0 Å². The van der Waals surface area contributed by atoms with Crippen molar-refractivity contribution in [1.82, 2.24) is 4.31 Å². The second-order valence-corrected chi connectivity index (χ2v) is 6.85. The van der Waals surface area contributed by atoms with Gasteiger partial charge in [0, 0.05) is 20.2 Å². The molecule has 0 aromatic heterocycles. The third-order valence-electron chi connectivity index (χ3n) is 2.93. The van der Waals surface area contributed by atoms with Gasteiger partial charge in [0.15, 0.2) is 0 Å². The molecule has 0 spiro atoms. The van der Waals surface area contributed by atoms with Gasteiger partial charge in [0.05, 0.1) is 12.4 Å². The zero-order valence-corrected chi connectivity index (χ0v) is 11.4. The zero-order chi connectivity index (χ0) is 12.7. The standard InChI is InChI=1S/C11H24N2O3S/c1-13(7-8-16-10-11-4-5-11)17(14,15)9-3-2-6-12/h11H,2-10,12H2,1H3. The topological polar surface area (TPSA) is 72.6 Å². The van der Waals surface area contributed by atoms with Crippen molar-refractivity contribution in [2.45, 2.75) is 25.7 Å². The molecule has 0 aromatic carbocycles. The summed E-state index contributed by atoms with van der Waals surface area (Å²) >= 11 is 0. The number of nitrogens with zero attached hydrogens (tertiary/aromatic N) is 1. The Morgan fingerprint density at radius 1 is 1.35 bits per heavy atom. The Balaban J connectivity index is 2.12. The Labute approximate surface area is 104 Å². The van der Waals surface area contributed by atoms with Crippen molar-refractivity contribution in [1.29, 1.82) is 0 Å². The lowest BCUT2D eigenvalue weighted by molar-refractivity contribution is 0.117. The smallest absolute Gasteiger partial charge is 0.213 e. The molecule has 1 fully saturated rings. The van der Waals surface area contributed by atoms with Gasteiger partial charge in [0.25, 0.3) is 0 Å². The summed E-state index contributed by atoms with van der Waals surface area (Å²) in [5.41, 5.74) is 5.34. The maximum absolute atomic E-state index is 11.8. The molecule has 0 heterocycles. The van der Waals surface area contributed by atoms with E-state index >= 15 is 0 Å². The van der Waals surface area contributed by atoms with Crippen molar-refractivity contribution < 1.29 is 13.2 Å². The molecule has 2 N–H and O–H groups in total. The predicted octanol–water partition coefficient (Wildman–Crippen LogP) is 0.414. The van der Waals surface area contributed by atoms with Gasteiger partial charge in [-0.05, 0) is 38.1 Å². The fourth-order valence-electron chi connectivity index (χ4n) is 1.45. The van der Waals surface area contributed by atoms with Crippen molar-refractivity contribution in [3.63, 3.8) is 0 Å². The van der Waals surface area contributed by atoms with Gasteiger partial charge in [-0.25, -0.2) is 12.7 Å². The number of rotatable bonds is 10. The van der Waals surface area contributed by atoms with Crippen LogP contribution in [0.25, 0.3) is 0 Å². The van der Waals surface area contributed by atoms with E-state index in [1.54, 1.807) is 7.05 Å². The lowest BCUT2D eigenvalue weighted by atomic mass is 10.3. The molecule has 1 rings (SSSR count). The molecule has 1 aliphatic carbocycles. The number of likely N-dealkylation sites (N-methyl/N-ethyl adjacent to an activating group) is 1. The van der Waals surface area contributed by atoms with Gasteiger partial charge >= 0.3 is 0 Å². The molecule has 17 heavy (non-hydrogen) atoms. The maximum atomic E-state index is 11.8. The van der Waals surface area contributed by atoms with Crippen molar-refractivity contribution in [2.75, 3.05) is 39.1 Å². The Bertz CT molecular complexity index is 302. The first kappa shape index (κ1) is 14.9. The van der Waals surface area contributed by atoms with Gasteiger partial charge in [-0.15, -0.1) is 0 Å². The number of unbranched alkanes of at least 4 members (excludes halogenated alkanes) is 1. The van der Waals surface area contributed by atoms with E-state index in [1.165, 1.54) is 17.1 Å². The maximum Gasteiger partial charge on any atom is 0.213 e. The van der Waals surface area contributed by atoms with Gasteiger partial charge < -0.3 is 10.5 Å². The summed E-state index contributed by atoms with van der Waals surface area (Å²) in [6, 6.07) is 0. The molecule has 0 bridgehead atoms. The number of ether oxygens (including phenoxy) is 1. The Morgan fingerprint density at radius 3 is 2.65 bits per heavy atom. The number of hydrogen-bond acceptors (Lipinski definition) is 4. The summed E-state index contributed by atoms with van der Waals surface area (Å²) in [6.07, 6.45) is 3.90. The molecule has 0 amide bonds. The number of nitrogens with two attached hydrogens (primary N) is 1. The van der Waals surface area contributed by atoms with Crippen molar-refractivity contribution in [2.24, 2.45) is 11.7 Å². The van der Waals surface area contributed by atoms with Gasteiger partial charge in [0.2, 0.25) is 10.0 Å². The van der Waals surface area contributed by atoms with Crippen LogP contribution < -0.4 is 5.73 Å². The van der Waals surface area contributed by atoms with E-state index in [4.69, 9.17) is 10.5 Å². The van der Waals surface area contributed by atoms with Crippen LogP contribution in [0.1, 0.15) is 25.7 Å². The Hall–Kier alpha value is -0.170. The first-order chi connectivity index (χ1) is 8.06. The minimum atomic E-state index is -3.12. The van der Waals surface area contributed by atoms with Crippen LogP contribution in [0, 0.1) is 5.92 Å². The fourth-order valence-corrected chi connectivity index (χ4v) is 2.68. The van der Waals surface area contributed by atoms with E-state index in [0.717, 1.165) is 18.9 Å². The Morgan fingerprint density at radius 2 is 2.06 bits per heavy atom. The molecule has 0 aliphatic heterocycles. The van der Waals surface area contributed by atoms with Gasteiger partial charge in [0.1, 0.15) is 0 Å². The molecule has 5 nitrogen and oxygen atoms in total. The van der Waals surface area contributed by atoms with Crippen molar-refractivity contribution in [3.8, 4) is 0 Å². The Kier molecular flexibility index (Phi) is 6.40. The third-order valence-corrected chi connectivity index (χ3v) is 4.87. The molecule has 102 valence electrons. The molecule has 6 heteroatoms. The molecular weight excluding hydrogens is 240 g/mol. The van der Waals surface area contributed by atoms with Crippen molar-refractivity contribution in [3.05, 3.63) is 0 Å². The summed E-state index contributed by atoms with van der Waals surface area (Å²) in [7, 11) is -1.51. The number of hydrogen-bond donors (Lipinski definition) is 1. The molecule has 0 atom stereocenters. The van der Waals surface area contributed by atoms with Crippen molar-refractivity contribution >= 4 is 10.0 Å². The minimum Gasteiger partial charge on any atom is -0.380 e. The molecule has 1 saturated carbocycles. The molecule has 0 aromatic rings. The SMILES string of the molecule is CN(CCOCC1CC1)S(=O)(=O)CCCCN. The predicted molar refractivity (Wildman–Crippen MR) is 68.2 cm³/mol. The highest BCUT2D eigenvalue weighted by atomic mass is 32.2. The summed E-state index contributed by atoms with van der Waals surface area (Å²) < 4.78 is 30.4. The van der Waals surface area contributed by atoms with Gasteiger partial charge in [-0.2, -0.15) is 0 Å². The molecule has 0 radical (unpaired) electrons. The average Bonchev–Trinajstić information content (AvgIpc) is 3.08. The average molecular weight is 264 g/mol. The second kappa shape index (κ2) is 7.31. The van der Waals surface area contributed by atoms with Crippen LogP contribution in [-0.4, -0.2) is 51.8 Å². The van der Waals surface area contributed by atoms with Crippen LogP contribution in [0.4, 0.5) is 0 Å². The third kappa shape index (κ3) is 6.35. The van der Waals surface area contributed by atoms with E-state index in [0.29, 0.717) is 26.1 Å². The van der Waals surface area contributed by atoms with E-state index in [9.17, 15) is 8.42 Å². The van der Waals surface area contributed by atoms with E-state index in [-0.39, 0.29) is 5.75 Å². The highest BCUT2D eigenvalue weighted by Crippen LogP contribution is 2.28. The van der Waals surface area contributed by atoms with Crippen LogP contribution in [0.3, 0.4) is 0 Å². The first-order valence-corrected chi connectivity index (χ1v) is 7.89. The zero-order valence-electron chi connectivity index (χ0n) is 10.6. The van der Waals surface area contributed by atoms with Gasteiger partial charge in [-0.3, -0.25) is 0 Å². The first-order valence-electron chi connectivity index (χ1n) is 6.28. The van der Waals surface area contributed by atoms with Crippen LogP contribution >= 0.6 is 0 Å². The lowest BCUT2D eigenvalue weighted by Gasteiger charge is -2.16. The quantitative estimate of drug-likeness (QED) is 0.580. The molecule has 1 aliphatic rings. The lowest BCUT2D eigenvalue weighted by Crippen LogP contribution is -2.32. The largest absolute Gasteiger partial charge is 0.380 e. The monoisotopic (exact) mass is 264 g/mol. The molecule has 0 saturated heterocycles. The van der Waals surface area contributed by atoms with Crippen LogP contribution in [0.15, 0.2) is 0 Å². The molecule has 0 unspecified atom stereocenters. The minimum absolute atomic E-state index is 0.184. The summed E-state index contributed by atoms with van der Waals surface area (Å²) in [4.78, 5) is 0. The second-order valence-electron chi connectivity index (χ2n) is 4.65. The number of sulfonamides is 1. The van der Waals surface area contributed by atoms with Crippen LogP contribution in [0.2, 0.25) is 0 Å². The van der Waals surface area contributed by atoms with E-state index < -0.39 is 10.0 Å². The summed E-state index contributed by atoms with van der Waals surface area (Å²) in [5, 5.41) is 0. The van der Waals surface area contributed by atoms with Crippen LogP contribution in [-0.2, 0) is 14.8 Å². The highest BCUT2D eigenvalue weighted by molar-refractivity contribution is 7.89. The fraction of sp³-hybridized carbons (Fsp3) is 1.00.